The van der Waals surface area contributed by atoms with Gasteiger partial charge in [0.15, 0.2) is 0 Å². The lowest BCUT2D eigenvalue weighted by atomic mass is 10.2. The van der Waals surface area contributed by atoms with Crippen molar-refractivity contribution in [2.24, 2.45) is 24.3 Å². The Morgan fingerprint density at radius 3 is 0.904 bits per heavy atom. The van der Waals surface area contributed by atoms with Crippen LogP contribution in [-0.2, 0) is 38.1 Å². The minimum Gasteiger partial charge on any atom is -0.443 e. The number of rotatable bonds is 16. The number of hydrogen-bond donors (Lipinski definition) is 12. The standard InChI is InChI=1S/C26H54Cl3N12O9P3.C8H17N3O3.C2H6Cl2NP/c1-24(2,3)48-21(45)37-34-18(42)12-15-31-52(29,40-51(11,27)28)41-53(30-10,32-16-13-19(43)35-38-22(46)49-25(4,5)6)33-17-14-20(44)36-39-23(47)50-26(7,8)9;1-8(2,3)14-7(13)11-10-6(12)4-5-9;1-5-6(2,3)4/h31-33H,12-17H2,1-11H3,(H,34,42)(H,35,43)(H,36,44)(H,37,45)(H,38,46)(H,39,47);4-5,9H2,1-3H3,(H,10,12)(H,11,13);1-2H3. The minimum atomic E-state index is -3.62. The maximum Gasteiger partial charge on any atom is 0.426 e. The molecule has 0 aromatic heterocycles. The van der Waals surface area contributed by atoms with Crippen LogP contribution in [0.25, 0.3) is 0 Å². The summed E-state index contributed by atoms with van der Waals surface area (Å²) in [5, 5.41) is 9.01. The largest absolute Gasteiger partial charge is 0.443 e. The SMILES string of the molecule is CC(C)(C)OC(=O)NNC(=O)CCN.CN=P(C)(Cl)Cl.CN=P(N=P(Cl)(N=P(C)(Cl)Cl)NCCC(=O)NNC(=O)OC(C)(C)C)(NCCC(=O)NNC(=O)OC(C)(C)C)NCCC(=O)NNC(=O)OC(C)(C)C. The first-order chi connectivity index (χ1) is 32.9. The Balaban J connectivity index is -0.00000203. The maximum absolute atomic E-state index is 12.5. The van der Waals surface area contributed by atoms with E-state index in [1.165, 1.54) is 13.7 Å². The number of nitrogens with zero attached hydrogens (tertiary/aromatic N) is 4. The molecule has 0 rings (SSSR count). The lowest BCUT2D eigenvalue weighted by molar-refractivity contribution is -0.122. The second-order valence-corrected chi connectivity index (χ2v) is 37.2. The van der Waals surface area contributed by atoms with E-state index in [1.54, 1.807) is 96.8 Å². The van der Waals surface area contributed by atoms with Gasteiger partial charge in [-0.2, -0.15) is 4.52 Å². The monoisotopic (exact) mass is 1220 g/mol. The van der Waals surface area contributed by atoms with Gasteiger partial charge in [-0.05, 0) is 108 Å². The van der Waals surface area contributed by atoms with Crippen molar-refractivity contribution in [2.45, 2.75) is 131 Å². The summed E-state index contributed by atoms with van der Waals surface area (Å²) < 4.78 is 37.2. The Morgan fingerprint density at radius 1 is 0.425 bits per heavy atom. The number of carbonyl (C=O) groups is 8. The molecule has 0 aliphatic carbocycles. The van der Waals surface area contributed by atoms with E-state index in [2.05, 4.69) is 72.7 Å². The maximum atomic E-state index is 12.5. The molecule has 0 fully saturated rings. The number of hydrogen-bond acceptors (Lipinski definition) is 15. The van der Waals surface area contributed by atoms with Crippen LogP contribution in [0.4, 0.5) is 19.2 Å². The highest BCUT2D eigenvalue weighted by Crippen LogP contribution is 2.71. The number of nitrogens with two attached hydrogens (primary N) is 1. The topological polar surface area (TPSA) is 381 Å². The summed E-state index contributed by atoms with van der Waals surface area (Å²) in [4.78, 5) is 95.0. The molecule has 0 saturated carbocycles. The summed E-state index contributed by atoms with van der Waals surface area (Å²) in [5.41, 5.74) is 19.5. The molecule has 0 heterocycles. The third kappa shape index (κ3) is 49.8. The van der Waals surface area contributed by atoms with E-state index in [1.807, 2.05) is 0 Å². The van der Waals surface area contributed by atoms with Gasteiger partial charge in [0.2, 0.25) is 37.8 Å². The van der Waals surface area contributed by atoms with Crippen molar-refractivity contribution >= 4 is 130 Å². The van der Waals surface area contributed by atoms with Crippen LogP contribution in [-0.4, -0.2) is 124 Å². The molecule has 13 N–H and O–H groups in total. The molecule has 0 saturated heterocycles. The summed E-state index contributed by atoms with van der Waals surface area (Å²) in [6, 6.07) is 0. The summed E-state index contributed by atoms with van der Waals surface area (Å²) in [6.45, 7) is 19.6. The quantitative estimate of drug-likeness (QED) is 0.0394. The molecule has 0 aromatic rings. The number of hydrazine groups is 4. The second kappa shape index (κ2) is 34.8. The van der Waals surface area contributed by atoms with Crippen molar-refractivity contribution < 1.29 is 57.3 Å². The number of nitrogens with one attached hydrogen (secondary N) is 11. The summed E-state index contributed by atoms with van der Waals surface area (Å²) in [6.07, 6.45) is -3.76. The fourth-order valence-electron chi connectivity index (χ4n) is 3.80. The Hall–Kier alpha value is -2.83. The van der Waals surface area contributed by atoms with Gasteiger partial charge in [-0.3, -0.25) is 65.6 Å². The third-order valence-electron chi connectivity index (χ3n) is 6.38. The molecule has 8 amide bonds. The number of amides is 8. The molecule has 1 unspecified atom stereocenters. The molecular weight excluding hydrogens is 1150 g/mol. The van der Waals surface area contributed by atoms with Crippen LogP contribution in [0.5, 0.6) is 0 Å². The Morgan fingerprint density at radius 2 is 0.685 bits per heavy atom. The van der Waals surface area contributed by atoms with Crippen molar-refractivity contribution in [3.8, 4) is 0 Å². The summed E-state index contributed by atoms with van der Waals surface area (Å²) in [5.74, 6) is -7.05. The average Bonchev–Trinajstić information content (AvgIpc) is 3.17. The van der Waals surface area contributed by atoms with Gasteiger partial charge in [-0.1, -0.05) is 45.0 Å². The van der Waals surface area contributed by atoms with Gasteiger partial charge in [-0.25, -0.2) is 45.4 Å². The van der Waals surface area contributed by atoms with Crippen LogP contribution in [0.15, 0.2) is 18.5 Å². The van der Waals surface area contributed by atoms with Crippen molar-refractivity contribution in [3.05, 3.63) is 0 Å². The molecular formula is C36H77Cl5N16O12P4. The molecule has 0 bridgehead atoms. The zero-order chi connectivity index (χ0) is 57.7. The van der Waals surface area contributed by atoms with E-state index in [4.69, 9.17) is 85.4 Å². The van der Waals surface area contributed by atoms with Crippen molar-refractivity contribution in [3.63, 3.8) is 0 Å². The first-order valence-electron chi connectivity index (χ1n) is 21.7. The van der Waals surface area contributed by atoms with Gasteiger partial charge in [0.25, 0.3) is 0 Å². The smallest absolute Gasteiger partial charge is 0.426 e. The molecule has 0 aromatic carbocycles. The van der Waals surface area contributed by atoms with Crippen LogP contribution in [0.2, 0.25) is 0 Å². The van der Waals surface area contributed by atoms with Crippen LogP contribution in [0.3, 0.4) is 0 Å². The Labute approximate surface area is 452 Å². The Kier molecular flexibility index (Phi) is 35.4. The van der Waals surface area contributed by atoms with Gasteiger partial charge in [0, 0.05) is 66.0 Å². The molecule has 428 valence electrons. The van der Waals surface area contributed by atoms with Gasteiger partial charge in [0.05, 0.1) is 0 Å². The lowest BCUT2D eigenvalue weighted by Gasteiger charge is -2.26. The molecule has 28 nitrogen and oxygen atoms in total. The lowest BCUT2D eigenvalue weighted by Crippen LogP contribution is -2.45. The highest BCUT2D eigenvalue weighted by atomic mass is 35.9. The highest BCUT2D eigenvalue weighted by Gasteiger charge is 2.28. The number of halogens is 5. The number of ether oxygens (including phenoxy) is 4. The number of carbonyl (C=O) groups excluding carboxylic acids is 8. The predicted molar refractivity (Wildman–Crippen MR) is 292 cm³/mol. The van der Waals surface area contributed by atoms with E-state index < -0.39 is 90.2 Å². The molecule has 73 heavy (non-hydrogen) atoms. The van der Waals surface area contributed by atoms with Crippen LogP contribution in [0.1, 0.15) is 109 Å². The van der Waals surface area contributed by atoms with Gasteiger partial charge < -0.3 is 24.7 Å². The van der Waals surface area contributed by atoms with E-state index in [-0.39, 0.29) is 57.8 Å². The zero-order valence-electron chi connectivity index (χ0n) is 44.1. The molecule has 0 spiro atoms. The van der Waals surface area contributed by atoms with E-state index in [0.29, 0.717) is 0 Å². The van der Waals surface area contributed by atoms with Crippen molar-refractivity contribution in [2.75, 3.05) is 53.6 Å². The van der Waals surface area contributed by atoms with Crippen LogP contribution >= 0.6 is 81.9 Å². The van der Waals surface area contributed by atoms with E-state index >= 15 is 0 Å². The first-order valence-corrected chi connectivity index (χ1v) is 33.9. The zero-order valence-corrected chi connectivity index (χ0v) is 51.5. The van der Waals surface area contributed by atoms with Gasteiger partial charge in [0.1, 0.15) is 33.9 Å². The normalized spacial score (nSPS) is 12.6. The molecule has 0 aliphatic heterocycles. The first kappa shape index (κ1) is 74.4. The van der Waals surface area contributed by atoms with Crippen molar-refractivity contribution in [1.29, 1.82) is 0 Å². The average molecular weight is 1230 g/mol. The van der Waals surface area contributed by atoms with E-state index in [9.17, 15) is 38.4 Å². The third-order valence-corrected chi connectivity index (χ3v) is 17.5. The Bertz CT molecular complexity index is 2000. The van der Waals surface area contributed by atoms with Gasteiger partial charge in [-0.15, -0.1) is 0 Å². The molecule has 0 radical (unpaired) electrons. The highest BCUT2D eigenvalue weighted by molar-refractivity contribution is 8.13. The molecule has 0 aliphatic rings. The second-order valence-electron chi connectivity index (χ2n) is 18.4. The fourth-order valence-corrected chi connectivity index (χ4v) is 15.0. The van der Waals surface area contributed by atoms with E-state index in [0.717, 1.165) is 0 Å². The molecule has 37 heteroatoms. The van der Waals surface area contributed by atoms with Crippen molar-refractivity contribution in [1.82, 2.24) is 58.7 Å². The summed E-state index contributed by atoms with van der Waals surface area (Å²) in [7, 11) is -0.365. The summed E-state index contributed by atoms with van der Waals surface area (Å²) >= 11 is 30.4. The molecule has 1 atom stereocenters. The predicted octanol–water partition coefficient (Wildman–Crippen LogP) is 8.14. The van der Waals surface area contributed by atoms with Crippen LogP contribution in [0, 0.1) is 0 Å². The van der Waals surface area contributed by atoms with Crippen LogP contribution < -0.4 is 64.4 Å². The van der Waals surface area contributed by atoms with Gasteiger partial charge >= 0.3 is 24.4 Å². The minimum absolute atomic E-state index is 0.0837. The fraction of sp³-hybridized carbons (Fsp3) is 0.778.